The van der Waals surface area contributed by atoms with E-state index in [2.05, 4.69) is 42.2 Å². The summed E-state index contributed by atoms with van der Waals surface area (Å²) in [6.07, 6.45) is 3.84. The Labute approximate surface area is 109 Å². The minimum Gasteiger partial charge on any atom is -0.324 e. The van der Waals surface area contributed by atoms with Crippen LogP contribution in [0.2, 0.25) is 0 Å². The lowest BCUT2D eigenvalue weighted by molar-refractivity contribution is 0.802. The third-order valence-electron chi connectivity index (χ3n) is 3.21. The minimum atomic E-state index is 0.0658. The molecule has 1 aromatic heterocycles. The highest BCUT2D eigenvalue weighted by atomic mass is 14.7. The van der Waals surface area contributed by atoms with Crippen molar-refractivity contribution in [2.75, 3.05) is 0 Å². The zero-order valence-electron chi connectivity index (χ0n) is 11.1. The van der Waals surface area contributed by atoms with Crippen LogP contribution in [0.1, 0.15) is 42.3 Å². The molecule has 18 heavy (non-hydrogen) atoms. The Morgan fingerprint density at radius 3 is 2.56 bits per heavy atom. The lowest BCUT2D eigenvalue weighted by atomic mass is 9.98. The highest BCUT2D eigenvalue weighted by Gasteiger charge is 2.07. The van der Waals surface area contributed by atoms with Crippen LogP contribution in [0, 0.1) is 0 Å². The average Bonchev–Trinajstić information content (AvgIpc) is 2.40. The van der Waals surface area contributed by atoms with Crippen LogP contribution < -0.4 is 5.73 Å². The van der Waals surface area contributed by atoms with Crippen molar-refractivity contribution in [1.82, 2.24) is 4.98 Å². The van der Waals surface area contributed by atoms with Crippen molar-refractivity contribution in [2.24, 2.45) is 5.73 Å². The lowest BCUT2D eigenvalue weighted by Gasteiger charge is -2.12. The van der Waals surface area contributed by atoms with Crippen molar-refractivity contribution in [2.45, 2.75) is 32.7 Å². The predicted octanol–water partition coefficient (Wildman–Crippen LogP) is 3.25. The highest BCUT2D eigenvalue weighted by molar-refractivity contribution is 5.33. The first-order chi connectivity index (χ1) is 8.70. The molecular weight excluding hydrogens is 220 g/mol. The van der Waals surface area contributed by atoms with E-state index in [0.29, 0.717) is 0 Å². The van der Waals surface area contributed by atoms with E-state index in [4.69, 9.17) is 5.73 Å². The topological polar surface area (TPSA) is 38.9 Å². The zero-order chi connectivity index (χ0) is 13.0. The molecule has 1 atom stereocenters. The van der Waals surface area contributed by atoms with Gasteiger partial charge in [0.2, 0.25) is 0 Å². The molecule has 94 valence electrons. The van der Waals surface area contributed by atoms with Gasteiger partial charge in [0.15, 0.2) is 0 Å². The second-order valence-corrected chi connectivity index (χ2v) is 4.68. The monoisotopic (exact) mass is 240 g/mol. The fraction of sp³-hybridized carbons (Fsp3) is 0.312. The number of pyridine rings is 1. The van der Waals surface area contributed by atoms with Crippen LogP contribution >= 0.6 is 0 Å². The maximum absolute atomic E-state index is 5.99. The average molecular weight is 240 g/mol. The third kappa shape index (κ3) is 2.96. The van der Waals surface area contributed by atoms with Gasteiger partial charge < -0.3 is 5.73 Å². The normalized spacial score (nSPS) is 12.4. The summed E-state index contributed by atoms with van der Waals surface area (Å²) in [4.78, 5) is 4.50. The van der Waals surface area contributed by atoms with E-state index in [9.17, 15) is 0 Å². The number of nitrogens with two attached hydrogens (primary N) is 1. The summed E-state index contributed by atoms with van der Waals surface area (Å²) in [6.45, 7) is 4.16. The van der Waals surface area contributed by atoms with E-state index in [1.54, 1.807) is 0 Å². The summed E-state index contributed by atoms with van der Waals surface area (Å²) in [5.41, 5.74) is 10.8. The molecule has 2 nitrogen and oxygen atoms in total. The molecule has 1 aromatic carbocycles. The number of aromatic nitrogens is 1. The maximum Gasteiger partial charge on any atom is 0.0447 e. The van der Waals surface area contributed by atoms with Gasteiger partial charge in [0, 0.05) is 24.4 Å². The molecular formula is C16H20N2. The maximum atomic E-state index is 5.99. The summed E-state index contributed by atoms with van der Waals surface area (Å²) >= 11 is 0. The molecule has 2 rings (SSSR count). The van der Waals surface area contributed by atoms with Gasteiger partial charge in [-0.2, -0.15) is 0 Å². The quantitative estimate of drug-likeness (QED) is 0.891. The van der Waals surface area contributed by atoms with Crippen LogP contribution in [0.4, 0.5) is 0 Å². The van der Waals surface area contributed by atoms with Crippen molar-refractivity contribution < 1.29 is 0 Å². The summed E-state index contributed by atoms with van der Waals surface area (Å²) < 4.78 is 0. The number of hydrogen-bond acceptors (Lipinski definition) is 2. The molecule has 0 spiro atoms. The second kappa shape index (κ2) is 5.78. The number of benzene rings is 1. The van der Waals surface area contributed by atoms with Crippen LogP contribution in [0.5, 0.6) is 0 Å². The van der Waals surface area contributed by atoms with E-state index in [1.807, 2.05) is 19.2 Å². The minimum absolute atomic E-state index is 0.0658. The Hall–Kier alpha value is -1.67. The van der Waals surface area contributed by atoms with Gasteiger partial charge in [-0.1, -0.05) is 37.3 Å². The Kier molecular flexibility index (Phi) is 4.11. The first kappa shape index (κ1) is 12.8. The molecule has 0 aliphatic carbocycles. The SMILES string of the molecule is CCc1ccc(Cc2ccccc2C(C)N)nc1. The van der Waals surface area contributed by atoms with Crippen LogP contribution in [-0.4, -0.2) is 4.98 Å². The van der Waals surface area contributed by atoms with Gasteiger partial charge in [-0.25, -0.2) is 0 Å². The molecule has 2 heteroatoms. The van der Waals surface area contributed by atoms with E-state index >= 15 is 0 Å². The molecule has 0 radical (unpaired) electrons. The molecule has 0 saturated carbocycles. The Morgan fingerprint density at radius 2 is 1.94 bits per heavy atom. The molecule has 0 bridgehead atoms. The number of hydrogen-bond donors (Lipinski definition) is 1. The lowest BCUT2D eigenvalue weighted by Crippen LogP contribution is -2.08. The Balaban J connectivity index is 2.22. The second-order valence-electron chi connectivity index (χ2n) is 4.68. The molecule has 1 heterocycles. The largest absolute Gasteiger partial charge is 0.324 e. The summed E-state index contributed by atoms with van der Waals surface area (Å²) in [6, 6.07) is 12.6. The van der Waals surface area contributed by atoms with Gasteiger partial charge in [-0.05, 0) is 36.1 Å². The van der Waals surface area contributed by atoms with Gasteiger partial charge in [-0.15, -0.1) is 0 Å². The van der Waals surface area contributed by atoms with Gasteiger partial charge in [-0.3, -0.25) is 4.98 Å². The Morgan fingerprint density at radius 1 is 1.17 bits per heavy atom. The van der Waals surface area contributed by atoms with E-state index in [-0.39, 0.29) is 6.04 Å². The molecule has 0 fully saturated rings. The van der Waals surface area contributed by atoms with E-state index < -0.39 is 0 Å². The van der Waals surface area contributed by atoms with Crippen LogP contribution in [0.25, 0.3) is 0 Å². The molecule has 2 aromatic rings. The summed E-state index contributed by atoms with van der Waals surface area (Å²) in [5, 5.41) is 0. The van der Waals surface area contributed by atoms with Crippen molar-refractivity contribution in [3.05, 3.63) is 65.0 Å². The standard InChI is InChI=1S/C16H20N2/c1-3-13-8-9-15(18-11-13)10-14-6-4-5-7-16(14)12(2)17/h4-9,11-12H,3,10,17H2,1-2H3. The first-order valence-electron chi connectivity index (χ1n) is 6.48. The van der Waals surface area contributed by atoms with Gasteiger partial charge in [0.25, 0.3) is 0 Å². The van der Waals surface area contributed by atoms with Gasteiger partial charge in [0.05, 0.1) is 0 Å². The van der Waals surface area contributed by atoms with Crippen LogP contribution in [0.15, 0.2) is 42.6 Å². The molecule has 0 aliphatic heterocycles. The molecule has 0 amide bonds. The molecule has 2 N–H and O–H groups in total. The molecule has 1 unspecified atom stereocenters. The molecule has 0 aliphatic rings. The van der Waals surface area contributed by atoms with E-state index in [0.717, 1.165) is 18.5 Å². The van der Waals surface area contributed by atoms with Gasteiger partial charge in [0.1, 0.15) is 0 Å². The van der Waals surface area contributed by atoms with Crippen molar-refractivity contribution in [3.8, 4) is 0 Å². The number of rotatable bonds is 4. The van der Waals surface area contributed by atoms with Crippen molar-refractivity contribution in [3.63, 3.8) is 0 Å². The molecule has 0 saturated heterocycles. The zero-order valence-corrected chi connectivity index (χ0v) is 11.1. The highest BCUT2D eigenvalue weighted by Crippen LogP contribution is 2.18. The Bertz CT molecular complexity index is 501. The fourth-order valence-electron chi connectivity index (χ4n) is 2.10. The van der Waals surface area contributed by atoms with Crippen LogP contribution in [-0.2, 0) is 12.8 Å². The van der Waals surface area contributed by atoms with Gasteiger partial charge >= 0.3 is 0 Å². The smallest absolute Gasteiger partial charge is 0.0447 e. The number of aryl methyl sites for hydroxylation is 1. The van der Waals surface area contributed by atoms with Crippen LogP contribution in [0.3, 0.4) is 0 Å². The van der Waals surface area contributed by atoms with Crippen molar-refractivity contribution >= 4 is 0 Å². The van der Waals surface area contributed by atoms with E-state index in [1.165, 1.54) is 16.7 Å². The third-order valence-corrected chi connectivity index (χ3v) is 3.21. The summed E-state index contributed by atoms with van der Waals surface area (Å²) in [5.74, 6) is 0. The fourth-order valence-corrected chi connectivity index (χ4v) is 2.10. The first-order valence-corrected chi connectivity index (χ1v) is 6.48. The number of nitrogens with zero attached hydrogens (tertiary/aromatic N) is 1. The van der Waals surface area contributed by atoms with Crippen molar-refractivity contribution in [1.29, 1.82) is 0 Å². The predicted molar refractivity (Wildman–Crippen MR) is 75.5 cm³/mol. The summed E-state index contributed by atoms with van der Waals surface area (Å²) in [7, 11) is 0.